The number of hydrogen-bond donors (Lipinski definition) is 1. The van der Waals surface area contributed by atoms with E-state index in [1.807, 2.05) is 51.1 Å². The minimum absolute atomic E-state index is 0.514. The van der Waals surface area contributed by atoms with Crippen LogP contribution in [0.5, 0.6) is 0 Å². The van der Waals surface area contributed by atoms with Crippen molar-refractivity contribution in [2.24, 2.45) is 0 Å². The van der Waals surface area contributed by atoms with Crippen molar-refractivity contribution in [3.8, 4) is 0 Å². The summed E-state index contributed by atoms with van der Waals surface area (Å²) < 4.78 is 0. The molecule has 2 aromatic carbocycles. The van der Waals surface area contributed by atoms with E-state index in [0.29, 0.717) is 6.42 Å². The summed E-state index contributed by atoms with van der Waals surface area (Å²) in [6.45, 7) is 6.07. The number of hydrogen-bond acceptors (Lipinski definition) is 1. The fraction of sp³-hybridized carbons (Fsp3) is 0.294. The van der Waals surface area contributed by atoms with E-state index in [2.05, 4.69) is 6.07 Å². The molecule has 0 amide bonds. The molecule has 19 heavy (non-hydrogen) atoms. The van der Waals surface area contributed by atoms with E-state index in [0.717, 1.165) is 32.8 Å². The summed E-state index contributed by atoms with van der Waals surface area (Å²) in [5.41, 5.74) is 5.38. The zero-order chi connectivity index (χ0) is 14.0. The molecular weight excluding hydrogens is 256 g/mol. The molecular formula is C17H19ClO. The number of aryl methyl sites for hydroxylation is 3. The summed E-state index contributed by atoms with van der Waals surface area (Å²) in [5.74, 6) is 0. The predicted octanol–water partition coefficient (Wildman–Crippen LogP) is 4.54. The van der Waals surface area contributed by atoms with Gasteiger partial charge in [-0.2, -0.15) is 0 Å². The second-order valence-electron chi connectivity index (χ2n) is 5.17. The van der Waals surface area contributed by atoms with E-state index < -0.39 is 6.10 Å². The SMILES string of the molecule is Cc1ccc(CC(O)c2cc(C)ccc2C)c(Cl)c1. The molecule has 1 N–H and O–H groups in total. The molecule has 2 rings (SSSR count). The summed E-state index contributed by atoms with van der Waals surface area (Å²) in [5, 5.41) is 11.1. The van der Waals surface area contributed by atoms with Gasteiger partial charge in [0.15, 0.2) is 0 Å². The molecule has 100 valence electrons. The Labute approximate surface area is 119 Å². The van der Waals surface area contributed by atoms with Crippen LogP contribution in [-0.4, -0.2) is 5.11 Å². The molecule has 1 atom stereocenters. The highest BCUT2D eigenvalue weighted by molar-refractivity contribution is 6.31. The van der Waals surface area contributed by atoms with Gasteiger partial charge in [0.2, 0.25) is 0 Å². The number of rotatable bonds is 3. The summed E-state index contributed by atoms with van der Waals surface area (Å²) in [6, 6.07) is 12.1. The van der Waals surface area contributed by atoms with Crippen LogP contribution in [0, 0.1) is 20.8 Å². The lowest BCUT2D eigenvalue weighted by molar-refractivity contribution is 0.177. The van der Waals surface area contributed by atoms with Gasteiger partial charge in [-0.15, -0.1) is 0 Å². The van der Waals surface area contributed by atoms with Crippen molar-refractivity contribution in [3.05, 3.63) is 69.2 Å². The highest BCUT2D eigenvalue weighted by Gasteiger charge is 2.13. The Morgan fingerprint density at radius 2 is 1.63 bits per heavy atom. The number of aliphatic hydroxyl groups excluding tert-OH is 1. The predicted molar refractivity (Wildman–Crippen MR) is 80.8 cm³/mol. The highest BCUT2D eigenvalue weighted by Crippen LogP contribution is 2.26. The second-order valence-corrected chi connectivity index (χ2v) is 5.58. The summed E-state index contributed by atoms with van der Waals surface area (Å²) in [4.78, 5) is 0. The lowest BCUT2D eigenvalue weighted by Crippen LogP contribution is -2.05. The third kappa shape index (κ3) is 3.37. The first kappa shape index (κ1) is 14.1. The van der Waals surface area contributed by atoms with Crippen LogP contribution in [0.25, 0.3) is 0 Å². The van der Waals surface area contributed by atoms with E-state index in [4.69, 9.17) is 11.6 Å². The van der Waals surface area contributed by atoms with E-state index in [1.54, 1.807) is 0 Å². The van der Waals surface area contributed by atoms with Crippen LogP contribution in [0.15, 0.2) is 36.4 Å². The van der Waals surface area contributed by atoms with Gasteiger partial charge in [-0.1, -0.05) is 47.5 Å². The zero-order valence-corrected chi connectivity index (χ0v) is 12.3. The van der Waals surface area contributed by atoms with Gasteiger partial charge < -0.3 is 5.11 Å². The van der Waals surface area contributed by atoms with Crippen molar-refractivity contribution in [2.45, 2.75) is 33.3 Å². The third-order valence-electron chi connectivity index (χ3n) is 3.42. The summed E-state index contributed by atoms with van der Waals surface area (Å²) in [6.07, 6.45) is 0.0313. The van der Waals surface area contributed by atoms with Crippen molar-refractivity contribution in [1.29, 1.82) is 0 Å². The average molecular weight is 275 g/mol. The second kappa shape index (κ2) is 5.77. The van der Waals surface area contributed by atoms with E-state index >= 15 is 0 Å². The zero-order valence-electron chi connectivity index (χ0n) is 11.6. The summed E-state index contributed by atoms with van der Waals surface area (Å²) in [7, 11) is 0. The van der Waals surface area contributed by atoms with Crippen LogP contribution < -0.4 is 0 Å². The monoisotopic (exact) mass is 274 g/mol. The van der Waals surface area contributed by atoms with Crippen LogP contribution >= 0.6 is 11.6 Å². The van der Waals surface area contributed by atoms with E-state index in [1.165, 1.54) is 0 Å². The van der Waals surface area contributed by atoms with Gasteiger partial charge >= 0.3 is 0 Å². The van der Waals surface area contributed by atoms with Crippen molar-refractivity contribution >= 4 is 11.6 Å². The molecule has 0 aromatic heterocycles. The Balaban J connectivity index is 2.25. The molecule has 0 aliphatic rings. The quantitative estimate of drug-likeness (QED) is 0.871. The van der Waals surface area contributed by atoms with Crippen LogP contribution in [-0.2, 0) is 6.42 Å². The van der Waals surface area contributed by atoms with Crippen molar-refractivity contribution in [3.63, 3.8) is 0 Å². The smallest absolute Gasteiger partial charge is 0.0833 e. The molecule has 0 heterocycles. The fourth-order valence-electron chi connectivity index (χ4n) is 2.26. The number of benzene rings is 2. The summed E-state index contributed by atoms with van der Waals surface area (Å²) >= 11 is 6.22. The van der Waals surface area contributed by atoms with E-state index in [9.17, 15) is 5.11 Å². The normalized spacial score (nSPS) is 12.5. The van der Waals surface area contributed by atoms with Gasteiger partial charge in [0.25, 0.3) is 0 Å². The first-order valence-electron chi connectivity index (χ1n) is 6.47. The van der Waals surface area contributed by atoms with Crippen LogP contribution in [0.2, 0.25) is 5.02 Å². The van der Waals surface area contributed by atoms with Crippen molar-refractivity contribution < 1.29 is 5.11 Å². The largest absolute Gasteiger partial charge is 0.388 e. The lowest BCUT2D eigenvalue weighted by atomic mass is 9.96. The average Bonchev–Trinajstić information content (AvgIpc) is 2.35. The van der Waals surface area contributed by atoms with Crippen LogP contribution in [0.3, 0.4) is 0 Å². The minimum atomic E-state index is -0.514. The molecule has 1 unspecified atom stereocenters. The van der Waals surface area contributed by atoms with Crippen molar-refractivity contribution in [1.82, 2.24) is 0 Å². The maximum Gasteiger partial charge on any atom is 0.0833 e. The third-order valence-corrected chi connectivity index (χ3v) is 3.77. The Kier molecular flexibility index (Phi) is 4.28. The van der Waals surface area contributed by atoms with Crippen LogP contribution in [0.4, 0.5) is 0 Å². The molecule has 0 radical (unpaired) electrons. The molecule has 0 bridgehead atoms. The van der Waals surface area contributed by atoms with Gasteiger partial charge in [-0.05, 0) is 49.1 Å². The molecule has 0 aliphatic heterocycles. The fourth-order valence-corrected chi connectivity index (χ4v) is 2.57. The van der Waals surface area contributed by atoms with Gasteiger partial charge in [0.05, 0.1) is 6.10 Å². The van der Waals surface area contributed by atoms with Gasteiger partial charge in [-0.25, -0.2) is 0 Å². The molecule has 0 spiro atoms. The molecule has 1 nitrogen and oxygen atoms in total. The number of halogens is 1. The first-order chi connectivity index (χ1) is 8.97. The van der Waals surface area contributed by atoms with Gasteiger partial charge in [-0.3, -0.25) is 0 Å². The van der Waals surface area contributed by atoms with Crippen molar-refractivity contribution in [2.75, 3.05) is 0 Å². The Morgan fingerprint density at radius 3 is 2.32 bits per heavy atom. The van der Waals surface area contributed by atoms with Gasteiger partial charge in [0.1, 0.15) is 0 Å². The van der Waals surface area contributed by atoms with Crippen LogP contribution in [0.1, 0.15) is 33.9 Å². The standard InChI is InChI=1S/C17H19ClO/c1-11-4-6-13(3)15(8-11)17(19)10-14-7-5-12(2)9-16(14)18/h4-9,17,19H,10H2,1-3H3. The maximum atomic E-state index is 10.4. The first-order valence-corrected chi connectivity index (χ1v) is 6.85. The number of aliphatic hydroxyl groups is 1. The highest BCUT2D eigenvalue weighted by atomic mass is 35.5. The Bertz CT molecular complexity index is 590. The molecule has 0 saturated carbocycles. The Hall–Kier alpha value is -1.31. The topological polar surface area (TPSA) is 20.2 Å². The Morgan fingerprint density at radius 1 is 1.00 bits per heavy atom. The maximum absolute atomic E-state index is 10.4. The molecule has 0 fully saturated rings. The van der Waals surface area contributed by atoms with Gasteiger partial charge in [0, 0.05) is 11.4 Å². The molecule has 2 heteroatoms. The molecule has 0 aliphatic carbocycles. The molecule has 2 aromatic rings. The van der Waals surface area contributed by atoms with E-state index in [-0.39, 0.29) is 0 Å². The lowest BCUT2D eigenvalue weighted by Gasteiger charge is -2.15. The minimum Gasteiger partial charge on any atom is -0.388 e. The molecule has 0 saturated heterocycles.